The number of oxime groups is 1. The van der Waals surface area contributed by atoms with E-state index in [0.717, 1.165) is 5.56 Å². The lowest BCUT2D eigenvalue weighted by atomic mass is 10.1. The molecule has 5 heteroatoms. The molecule has 1 aromatic carbocycles. The Labute approximate surface area is 113 Å². The van der Waals surface area contributed by atoms with Gasteiger partial charge in [-0.15, -0.1) is 0 Å². The van der Waals surface area contributed by atoms with Crippen LogP contribution in [0, 0.1) is 12.8 Å². The van der Waals surface area contributed by atoms with E-state index in [0.29, 0.717) is 13.0 Å². The van der Waals surface area contributed by atoms with Gasteiger partial charge >= 0.3 is 0 Å². The summed E-state index contributed by atoms with van der Waals surface area (Å²) in [5, 5.41) is 11.5. The number of aryl methyl sites for hydroxylation is 1. The molecule has 3 N–H and O–H groups in total. The number of benzene rings is 1. The van der Waals surface area contributed by atoms with Crippen molar-refractivity contribution >= 4 is 11.7 Å². The number of carbonyl (C=O) groups excluding carboxylic acids is 1. The summed E-state index contributed by atoms with van der Waals surface area (Å²) in [6.07, 6.45) is 0.361. The van der Waals surface area contributed by atoms with Crippen LogP contribution in [0.1, 0.15) is 18.1 Å². The van der Waals surface area contributed by atoms with Gasteiger partial charge in [0.1, 0.15) is 5.84 Å². The maximum Gasteiger partial charge on any atom is 0.226 e. The second kappa shape index (κ2) is 6.78. The average molecular weight is 263 g/mol. The van der Waals surface area contributed by atoms with Gasteiger partial charge in [0.15, 0.2) is 0 Å². The second-order valence-corrected chi connectivity index (χ2v) is 4.86. The van der Waals surface area contributed by atoms with Crippen LogP contribution in [0.5, 0.6) is 0 Å². The van der Waals surface area contributed by atoms with Gasteiger partial charge in [0.25, 0.3) is 0 Å². The van der Waals surface area contributed by atoms with Gasteiger partial charge in [0.05, 0.1) is 6.42 Å². The van der Waals surface area contributed by atoms with E-state index >= 15 is 0 Å². The van der Waals surface area contributed by atoms with Crippen LogP contribution in [-0.4, -0.2) is 35.4 Å². The standard InChI is InChI=1S/C14H21N3O2/c1-10-4-6-12(7-5-10)8-13(18)17(3)9-11(2)14(15)16-19/h4-7,11,19H,8-9H2,1-3H3,(H2,15,16). The Morgan fingerprint density at radius 3 is 2.53 bits per heavy atom. The Bertz CT molecular complexity index is 454. The fraction of sp³-hybridized carbons (Fsp3) is 0.429. The van der Waals surface area contributed by atoms with Gasteiger partial charge in [-0.1, -0.05) is 41.9 Å². The summed E-state index contributed by atoms with van der Waals surface area (Å²) in [6, 6.07) is 7.88. The van der Waals surface area contributed by atoms with Gasteiger partial charge in [-0.2, -0.15) is 0 Å². The number of likely N-dealkylation sites (N-methyl/N-ethyl adjacent to an activating group) is 1. The van der Waals surface area contributed by atoms with Crippen LogP contribution in [0.3, 0.4) is 0 Å². The van der Waals surface area contributed by atoms with E-state index in [9.17, 15) is 4.79 Å². The Morgan fingerprint density at radius 2 is 2.00 bits per heavy atom. The number of hydrogen-bond donors (Lipinski definition) is 2. The summed E-state index contributed by atoms with van der Waals surface area (Å²) in [6.45, 7) is 4.25. The van der Waals surface area contributed by atoms with Gasteiger partial charge in [-0.3, -0.25) is 4.79 Å². The first kappa shape index (κ1) is 15.0. The van der Waals surface area contributed by atoms with Crippen LogP contribution < -0.4 is 5.73 Å². The highest BCUT2D eigenvalue weighted by atomic mass is 16.4. The first-order chi connectivity index (χ1) is 8.93. The second-order valence-electron chi connectivity index (χ2n) is 4.86. The normalized spacial score (nSPS) is 13.1. The predicted octanol–water partition coefficient (Wildman–Crippen LogP) is 1.38. The minimum atomic E-state index is -0.169. The maximum absolute atomic E-state index is 12.0. The fourth-order valence-corrected chi connectivity index (χ4v) is 1.72. The molecule has 0 fully saturated rings. The smallest absolute Gasteiger partial charge is 0.226 e. The van der Waals surface area contributed by atoms with Crippen molar-refractivity contribution in [3.8, 4) is 0 Å². The van der Waals surface area contributed by atoms with E-state index in [1.807, 2.05) is 38.1 Å². The molecule has 0 aliphatic rings. The molecule has 0 aromatic heterocycles. The molecule has 19 heavy (non-hydrogen) atoms. The quantitative estimate of drug-likeness (QED) is 0.364. The summed E-state index contributed by atoms with van der Waals surface area (Å²) in [7, 11) is 1.72. The number of nitrogens with two attached hydrogens (primary N) is 1. The predicted molar refractivity (Wildman–Crippen MR) is 75.1 cm³/mol. The maximum atomic E-state index is 12.0. The number of nitrogens with zero attached hydrogens (tertiary/aromatic N) is 2. The highest BCUT2D eigenvalue weighted by Crippen LogP contribution is 2.06. The molecule has 1 rings (SSSR count). The molecule has 104 valence electrons. The zero-order chi connectivity index (χ0) is 14.4. The van der Waals surface area contributed by atoms with Gasteiger partial charge < -0.3 is 15.8 Å². The molecule has 0 saturated heterocycles. The molecule has 0 spiro atoms. The first-order valence-corrected chi connectivity index (χ1v) is 6.21. The van der Waals surface area contributed by atoms with Crippen molar-refractivity contribution in [3.63, 3.8) is 0 Å². The first-order valence-electron chi connectivity index (χ1n) is 6.21. The summed E-state index contributed by atoms with van der Waals surface area (Å²) >= 11 is 0. The highest BCUT2D eigenvalue weighted by Gasteiger charge is 2.15. The molecule has 0 bridgehead atoms. The molecule has 0 saturated carbocycles. The Balaban J connectivity index is 2.55. The average Bonchev–Trinajstić information content (AvgIpc) is 2.40. The van der Waals surface area contributed by atoms with E-state index in [1.165, 1.54) is 5.56 Å². The fourth-order valence-electron chi connectivity index (χ4n) is 1.72. The number of amidine groups is 1. The number of rotatable bonds is 5. The third-order valence-corrected chi connectivity index (χ3v) is 3.07. The molecule has 5 nitrogen and oxygen atoms in total. The van der Waals surface area contributed by atoms with Crippen molar-refractivity contribution in [3.05, 3.63) is 35.4 Å². The lowest BCUT2D eigenvalue weighted by molar-refractivity contribution is -0.129. The van der Waals surface area contributed by atoms with E-state index in [1.54, 1.807) is 11.9 Å². The Morgan fingerprint density at radius 1 is 1.42 bits per heavy atom. The number of carbonyl (C=O) groups is 1. The SMILES string of the molecule is Cc1ccc(CC(=O)N(C)CC(C)/C(N)=N/O)cc1. The Hall–Kier alpha value is -2.04. The molecular formula is C14H21N3O2. The van der Waals surface area contributed by atoms with Crippen LogP contribution in [-0.2, 0) is 11.2 Å². The molecule has 0 heterocycles. The number of hydrogen-bond acceptors (Lipinski definition) is 3. The molecular weight excluding hydrogens is 242 g/mol. The van der Waals surface area contributed by atoms with Crippen molar-refractivity contribution in [2.45, 2.75) is 20.3 Å². The van der Waals surface area contributed by atoms with Crippen molar-refractivity contribution in [1.29, 1.82) is 0 Å². The number of amides is 1. The van der Waals surface area contributed by atoms with E-state index in [4.69, 9.17) is 10.9 Å². The molecule has 1 aromatic rings. The lowest BCUT2D eigenvalue weighted by Crippen LogP contribution is -2.37. The minimum absolute atomic E-state index is 0.0152. The zero-order valence-corrected chi connectivity index (χ0v) is 11.6. The zero-order valence-electron chi connectivity index (χ0n) is 11.6. The molecule has 1 unspecified atom stereocenters. The molecule has 0 aliphatic carbocycles. The monoisotopic (exact) mass is 263 g/mol. The highest BCUT2D eigenvalue weighted by molar-refractivity contribution is 5.83. The van der Waals surface area contributed by atoms with Crippen LogP contribution in [0.25, 0.3) is 0 Å². The lowest BCUT2D eigenvalue weighted by Gasteiger charge is -2.21. The van der Waals surface area contributed by atoms with Gasteiger partial charge in [-0.25, -0.2) is 0 Å². The summed E-state index contributed by atoms with van der Waals surface area (Å²) in [5.74, 6) is -0.0200. The van der Waals surface area contributed by atoms with E-state index in [-0.39, 0.29) is 17.7 Å². The molecule has 0 radical (unpaired) electrons. The minimum Gasteiger partial charge on any atom is -0.409 e. The molecule has 1 amide bonds. The van der Waals surface area contributed by atoms with Gasteiger partial charge in [0.2, 0.25) is 5.91 Å². The molecule has 0 aliphatic heterocycles. The van der Waals surface area contributed by atoms with Crippen molar-refractivity contribution < 1.29 is 10.0 Å². The van der Waals surface area contributed by atoms with Crippen LogP contribution in [0.4, 0.5) is 0 Å². The van der Waals surface area contributed by atoms with Crippen molar-refractivity contribution in [1.82, 2.24) is 4.90 Å². The van der Waals surface area contributed by atoms with Crippen LogP contribution in [0.15, 0.2) is 29.4 Å². The molecule has 1 atom stereocenters. The van der Waals surface area contributed by atoms with Gasteiger partial charge in [0, 0.05) is 19.5 Å². The van der Waals surface area contributed by atoms with Crippen molar-refractivity contribution in [2.24, 2.45) is 16.8 Å². The summed E-state index contributed by atoms with van der Waals surface area (Å²) in [5.41, 5.74) is 7.65. The van der Waals surface area contributed by atoms with E-state index < -0.39 is 0 Å². The Kier molecular flexibility index (Phi) is 5.36. The van der Waals surface area contributed by atoms with Crippen LogP contribution in [0.2, 0.25) is 0 Å². The van der Waals surface area contributed by atoms with Crippen LogP contribution >= 0.6 is 0 Å². The van der Waals surface area contributed by atoms with Gasteiger partial charge in [-0.05, 0) is 12.5 Å². The van der Waals surface area contributed by atoms with E-state index in [2.05, 4.69) is 5.16 Å². The summed E-state index contributed by atoms with van der Waals surface area (Å²) in [4.78, 5) is 13.6. The van der Waals surface area contributed by atoms with Crippen molar-refractivity contribution in [2.75, 3.05) is 13.6 Å². The summed E-state index contributed by atoms with van der Waals surface area (Å²) < 4.78 is 0. The third kappa shape index (κ3) is 4.62. The topological polar surface area (TPSA) is 78.9 Å². The largest absolute Gasteiger partial charge is 0.409 e. The third-order valence-electron chi connectivity index (χ3n) is 3.07.